The summed E-state index contributed by atoms with van der Waals surface area (Å²) in [7, 11) is 0. The monoisotopic (exact) mass is 279 g/mol. The molecule has 2 aromatic carbocycles. The Hall–Kier alpha value is -1.60. The van der Waals surface area contributed by atoms with Gasteiger partial charge in [-0.15, -0.1) is 0 Å². The van der Waals surface area contributed by atoms with Crippen molar-refractivity contribution < 1.29 is 0 Å². The molecule has 0 saturated heterocycles. The number of nitrogens with one attached hydrogen (secondary N) is 1. The first-order valence-electron chi connectivity index (χ1n) is 8.27. The molecule has 0 heterocycles. The number of hydrogen-bond donors (Lipinski definition) is 1. The van der Waals surface area contributed by atoms with E-state index >= 15 is 0 Å². The Morgan fingerprint density at radius 3 is 2.62 bits per heavy atom. The fourth-order valence-corrected chi connectivity index (χ4v) is 3.49. The maximum absolute atomic E-state index is 3.93. The Balaban J connectivity index is 1.81. The summed E-state index contributed by atoms with van der Waals surface area (Å²) in [5, 5.41) is 3.93. The molecule has 21 heavy (non-hydrogen) atoms. The van der Waals surface area contributed by atoms with Crippen LogP contribution >= 0.6 is 0 Å². The lowest BCUT2D eigenvalue weighted by Crippen LogP contribution is -2.29. The zero-order valence-corrected chi connectivity index (χ0v) is 12.9. The zero-order chi connectivity index (χ0) is 14.5. The third-order valence-corrected chi connectivity index (χ3v) is 4.55. The number of rotatable bonds is 5. The second-order valence-electron chi connectivity index (χ2n) is 6.06. The van der Waals surface area contributed by atoms with Crippen molar-refractivity contribution in [2.24, 2.45) is 0 Å². The van der Waals surface area contributed by atoms with Gasteiger partial charge in [0.25, 0.3) is 0 Å². The molecule has 0 aromatic heterocycles. The molecule has 0 saturated carbocycles. The van der Waals surface area contributed by atoms with Crippen LogP contribution in [-0.2, 0) is 6.42 Å². The molecule has 0 amide bonds. The molecule has 110 valence electrons. The van der Waals surface area contributed by atoms with Gasteiger partial charge in [-0.05, 0) is 42.4 Å². The average molecular weight is 279 g/mol. The van der Waals surface area contributed by atoms with E-state index in [4.69, 9.17) is 0 Å². The molecule has 3 rings (SSSR count). The Morgan fingerprint density at radius 2 is 1.81 bits per heavy atom. The first-order valence-corrected chi connectivity index (χ1v) is 8.27. The molecule has 2 aromatic rings. The van der Waals surface area contributed by atoms with Crippen LogP contribution in [0, 0.1) is 0 Å². The summed E-state index contributed by atoms with van der Waals surface area (Å²) in [4.78, 5) is 0. The third kappa shape index (κ3) is 3.36. The van der Waals surface area contributed by atoms with E-state index in [-0.39, 0.29) is 0 Å². The van der Waals surface area contributed by atoms with Crippen LogP contribution < -0.4 is 5.32 Å². The summed E-state index contributed by atoms with van der Waals surface area (Å²) in [6.45, 7) is 2.27. The minimum Gasteiger partial charge on any atom is -0.303 e. The predicted molar refractivity (Wildman–Crippen MR) is 89.3 cm³/mol. The van der Waals surface area contributed by atoms with Crippen LogP contribution in [0.25, 0.3) is 0 Å². The van der Waals surface area contributed by atoms with Crippen LogP contribution in [0.5, 0.6) is 0 Å². The van der Waals surface area contributed by atoms with Crippen LogP contribution in [0.2, 0.25) is 0 Å². The quantitative estimate of drug-likeness (QED) is 0.793. The molecule has 0 radical (unpaired) electrons. The Morgan fingerprint density at radius 1 is 1.05 bits per heavy atom. The maximum Gasteiger partial charge on any atom is 0.0328 e. The molecule has 0 aliphatic heterocycles. The predicted octanol–water partition coefficient (Wildman–Crippen LogP) is 5.20. The van der Waals surface area contributed by atoms with Crippen molar-refractivity contribution in [3.05, 3.63) is 71.3 Å². The van der Waals surface area contributed by atoms with E-state index < -0.39 is 0 Å². The van der Waals surface area contributed by atoms with E-state index in [1.807, 2.05) is 0 Å². The number of benzene rings is 2. The van der Waals surface area contributed by atoms with Crippen molar-refractivity contribution in [3.63, 3.8) is 0 Å². The third-order valence-electron chi connectivity index (χ3n) is 4.55. The van der Waals surface area contributed by atoms with E-state index in [1.54, 1.807) is 0 Å². The summed E-state index contributed by atoms with van der Waals surface area (Å²) in [6, 6.07) is 20.8. The Bertz CT molecular complexity index is 561. The lowest BCUT2D eigenvalue weighted by Gasteiger charge is -2.31. The fourth-order valence-electron chi connectivity index (χ4n) is 3.49. The fraction of sp³-hybridized carbons (Fsp3) is 0.400. The van der Waals surface area contributed by atoms with Gasteiger partial charge < -0.3 is 5.32 Å². The van der Waals surface area contributed by atoms with Gasteiger partial charge in [-0.1, -0.05) is 67.9 Å². The summed E-state index contributed by atoms with van der Waals surface area (Å²) >= 11 is 0. The minimum absolute atomic E-state index is 0.465. The summed E-state index contributed by atoms with van der Waals surface area (Å²) < 4.78 is 0. The van der Waals surface area contributed by atoms with Gasteiger partial charge >= 0.3 is 0 Å². The molecule has 0 fully saturated rings. The van der Waals surface area contributed by atoms with Crippen LogP contribution in [-0.4, -0.2) is 0 Å². The molecule has 0 bridgehead atoms. The van der Waals surface area contributed by atoms with Crippen molar-refractivity contribution in [1.29, 1.82) is 0 Å². The van der Waals surface area contributed by atoms with Gasteiger partial charge in [0.1, 0.15) is 0 Å². The molecule has 1 heteroatoms. The number of hydrogen-bond acceptors (Lipinski definition) is 1. The van der Waals surface area contributed by atoms with E-state index in [0.29, 0.717) is 12.1 Å². The van der Waals surface area contributed by atoms with Gasteiger partial charge in [0.05, 0.1) is 0 Å². The molecule has 1 aliphatic carbocycles. The second-order valence-corrected chi connectivity index (χ2v) is 6.06. The Kier molecular flexibility index (Phi) is 4.72. The molecule has 1 N–H and O–H groups in total. The highest BCUT2D eigenvalue weighted by molar-refractivity contribution is 5.32. The summed E-state index contributed by atoms with van der Waals surface area (Å²) in [6.07, 6.45) is 6.19. The van der Waals surface area contributed by atoms with E-state index in [9.17, 15) is 0 Å². The normalized spacial score (nSPS) is 19.0. The molecule has 1 aliphatic rings. The maximum atomic E-state index is 3.93. The largest absolute Gasteiger partial charge is 0.303 e. The van der Waals surface area contributed by atoms with Gasteiger partial charge in [0, 0.05) is 12.1 Å². The van der Waals surface area contributed by atoms with Gasteiger partial charge in [-0.2, -0.15) is 0 Å². The molecule has 2 atom stereocenters. The smallest absolute Gasteiger partial charge is 0.0328 e. The van der Waals surface area contributed by atoms with Gasteiger partial charge in [-0.3, -0.25) is 0 Å². The lowest BCUT2D eigenvalue weighted by molar-refractivity contribution is 0.384. The van der Waals surface area contributed by atoms with E-state index in [2.05, 4.69) is 66.8 Å². The highest BCUT2D eigenvalue weighted by Crippen LogP contribution is 2.32. The Labute approximate surface area is 128 Å². The molecule has 0 spiro atoms. The van der Waals surface area contributed by atoms with Gasteiger partial charge in [0.15, 0.2) is 0 Å². The van der Waals surface area contributed by atoms with Gasteiger partial charge in [0.2, 0.25) is 0 Å². The number of aryl methyl sites for hydroxylation is 1. The van der Waals surface area contributed by atoms with Crippen LogP contribution in [0.4, 0.5) is 0 Å². The summed E-state index contributed by atoms with van der Waals surface area (Å²) in [5.41, 5.74) is 4.47. The van der Waals surface area contributed by atoms with E-state index in [0.717, 1.165) is 0 Å². The molecule has 1 nitrogen and oxygen atoms in total. The van der Waals surface area contributed by atoms with Crippen molar-refractivity contribution >= 4 is 0 Å². The van der Waals surface area contributed by atoms with Crippen molar-refractivity contribution in [2.75, 3.05) is 0 Å². The highest BCUT2D eigenvalue weighted by Gasteiger charge is 2.22. The number of fused-ring (bicyclic) bond motifs is 1. The average Bonchev–Trinajstić information content (AvgIpc) is 2.55. The van der Waals surface area contributed by atoms with Crippen molar-refractivity contribution in [1.82, 2.24) is 5.32 Å². The molecular formula is C20H25N. The zero-order valence-electron chi connectivity index (χ0n) is 12.9. The lowest BCUT2D eigenvalue weighted by atomic mass is 9.86. The minimum atomic E-state index is 0.465. The first-order chi connectivity index (χ1) is 10.4. The second kappa shape index (κ2) is 6.91. The van der Waals surface area contributed by atoms with E-state index in [1.165, 1.54) is 48.8 Å². The van der Waals surface area contributed by atoms with Gasteiger partial charge in [-0.25, -0.2) is 0 Å². The molecular weight excluding hydrogens is 254 g/mol. The van der Waals surface area contributed by atoms with Crippen LogP contribution in [0.15, 0.2) is 54.6 Å². The van der Waals surface area contributed by atoms with Crippen LogP contribution in [0.1, 0.15) is 61.4 Å². The van der Waals surface area contributed by atoms with Crippen molar-refractivity contribution in [2.45, 2.75) is 51.1 Å². The summed E-state index contributed by atoms with van der Waals surface area (Å²) in [5.74, 6) is 0. The van der Waals surface area contributed by atoms with Crippen molar-refractivity contribution in [3.8, 4) is 0 Å². The topological polar surface area (TPSA) is 12.0 Å². The SMILES string of the molecule is CCCC(NC1CCCc2ccccc21)c1ccccc1. The standard InChI is InChI=1S/C20H25N/c1-2-9-19(17-11-4-3-5-12-17)21-20-15-8-13-16-10-6-7-14-18(16)20/h3-7,10-12,14,19-21H,2,8-9,13,15H2,1H3. The molecule has 2 unspecified atom stereocenters. The highest BCUT2D eigenvalue weighted by atomic mass is 15.0. The van der Waals surface area contributed by atoms with Crippen LogP contribution in [0.3, 0.4) is 0 Å². The first kappa shape index (κ1) is 14.3.